The molecule has 238 valence electrons. The van der Waals surface area contributed by atoms with Crippen LogP contribution in [0.2, 0.25) is 0 Å². The van der Waals surface area contributed by atoms with Crippen molar-refractivity contribution in [3.8, 4) is 5.75 Å². The van der Waals surface area contributed by atoms with E-state index in [4.69, 9.17) is 4.74 Å². The van der Waals surface area contributed by atoms with E-state index >= 15 is 0 Å². The smallest absolute Gasteiger partial charge is 0.326 e. The number of hydrogen-bond donors (Lipinski definition) is 2. The van der Waals surface area contributed by atoms with E-state index in [1.165, 1.54) is 32.1 Å². The van der Waals surface area contributed by atoms with Gasteiger partial charge in [-0.05, 0) is 54.3 Å². The van der Waals surface area contributed by atoms with E-state index < -0.39 is 12.0 Å². The van der Waals surface area contributed by atoms with Gasteiger partial charge in [-0.2, -0.15) is 0 Å². The van der Waals surface area contributed by atoms with Gasteiger partial charge in [0.25, 0.3) is 0 Å². The zero-order valence-electron chi connectivity index (χ0n) is 26.1. The first-order valence-electron chi connectivity index (χ1n) is 16.2. The summed E-state index contributed by atoms with van der Waals surface area (Å²) in [6, 6.07) is 32.0. The molecule has 4 aromatic carbocycles. The maximum absolute atomic E-state index is 13.3. The van der Waals surface area contributed by atoms with Gasteiger partial charge in [-0.25, -0.2) is 4.79 Å². The van der Waals surface area contributed by atoms with Crippen molar-refractivity contribution in [2.75, 3.05) is 23.4 Å². The van der Waals surface area contributed by atoms with E-state index in [0.29, 0.717) is 48.1 Å². The van der Waals surface area contributed by atoms with Crippen LogP contribution < -0.4 is 15.0 Å². The largest absolute Gasteiger partial charge is 0.492 e. The quantitative estimate of drug-likeness (QED) is 0.132. The second-order valence-electron chi connectivity index (χ2n) is 11.9. The number of anilines is 2. The van der Waals surface area contributed by atoms with Gasteiger partial charge >= 0.3 is 5.97 Å². The molecule has 1 aliphatic carbocycles. The minimum Gasteiger partial charge on any atom is -0.492 e. The number of carbonyl (C=O) groups is 3. The number of carbonyl (C=O) groups excluding carboxylic acids is 2. The Balaban J connectivity index is 1.17. The lowest BCUT2D eigenvalue weighted by Gasteiger charge is -2.25. The number of rotatable bonds is 15. The van der Waals surface area contributed by atoms with Crippen molar-refractivity contribution < 1.29 is 24.2 Å². The molecule has 0 aromatic heterocycles. The predicted molar refractivity (Wildman–Crippen MR) is 182 cm³/mol. The average Bonchev–Trinajstić information content (AvgIpc) is 3.10. The molecule has 0 unspecified atom stereocenters. The first-order valence-corrected chi connectivity index (χ1v) is 16.2. The number of benzene rings is 4. The van der Waals surface area contributed by atoms with Crippen molar-refractivity contribution >= 4 is 29.0 Å². The summed E-state index contributed by atoms with van der Waals surface area (Å²) in [5, 5.41) is 13.1. The molecule has 0 aliphatic heterocycles. The van der Waals surface area contributed by atoms with Gasteiger partial charge in [0.15, 0.2) is 5.78 Å². The maximum Gasteiger partial charge on any atom is 0.326 e. The number of nitrogens with one attached hydrogen (secondary N) is 1. The number of hydrogen-bond acceptors (Lipinski definition) is 5. The molecule has 1 atom stereocenters. The number of carboxylic acids is 1. The molecule has 1 fully saturated rings. The highest BCUT2D eigenvalue weighted by Gasteiger charge is 2.22. The summed E-state index contributed by atoms with van der Waals surface area (Å²) >= 11 is 0. The Morgan fingerprint density at radius 2 is 1.46 bits per heavy atom. The minimum atomic E-state index is -1.02. The lowest BCUT2D eigenvalue weighted by molar-refractivity contribution is -0.137. The second kappa shape index (κ2) is 16.4. The van der Waals surface area contributed by atoms with Crippen LogP contribution in [0.4, 0.5) is 11.4 Å². The summed E-state index contributed by atoms with van der Waals surface area (Å²) in [6.07, 6.45) is 7.98. The third kappa shape index (κ3) is 9.07. The Hall–Kier alpha value is -4.91. The molecule has 1 saturated carbocycles. The molecular formula is C39H42N2O5. The molecule has 0 saturated heterocycles. The Bertz CT molecular complexity index is 1570. The Labute approximate surface area is 271 Å². The number of para-hydroxylation sites is 2. The molecule has 0 bridgehead atoms. The van der Waals surface area contributed by atoms with Gasteiger partial charge in [-0.15, -0.1) is 0 Å². The summed E-state index contributed by atoms with van der Waals surface area (Å²) in [5.74, 6) is 0.218. The Morgan fingerprint density at radius 1 is 0.804 bits per heavy atom. The molecule has 0 spiro atoms. The molecule has 46 heavy (non-hydrogen) atoms. The highest BCUT2D eigenvalue weighted by molar-refractivity contribution is 6.12. The Kier molecular flexibility index (Phi) is 11.6. The molecule has 4 aromatic rings. The third-order valence-electron chi connectivity index (χ3n) is 8.64. The van der Waals surface area contributed by atoms with E-state index in [0.717, 1.165) is 17.7 Å². The normalized spacial score (nSPS) is 13.8. The van der Waals surface area contributed by atoms with E-state index in [1.54, 1.807) is 48.5 Å². The van der Waals surface area contributed by atoms with Crippen molar-refractivity contribution in [2.45, 2.75) is 57.4 Å². The highest BCUT2D eigenvalue weighted by atomic mass is 16.5. The number of aliphatic carboxylic acids is 1. The zero-order chi connectivity index (χ0) is 32.1. The van der Waals surface area contributed by atoms with Crippen LogP contribution in [0.5, 0.6) is 5.75 Å². The topological polar surface area (TPSA) is 95.9 Å². The molecular weight excluding hydrogens is 576 g/mol. The van der Waals surface area contributed by atoms with Gasteiger partial charge in [-0.3, -0.25) is 9.59 Å². The number of carboxylic acid groups (broad SMARTS) is 1. The summed E-state index contributed by atoms with van der Waals surface area (Å²) in [4.78, 5) is 40.5. The number of nitrogens with zero attached hydrogens (tertiary/aromatic N) is 1. The molecule has 7 heteroatoms. The third-order valence-corrected chi connectivity index (χ3v) is 8.64. The fourth-order valence-electron chi connectivity index (χ4n) is 6.10. The second-order valence-corrected chi connectivity index (χ2v) is 11.9. The predicted octanol–water partition coefficient (Wildman–Crippen LogP) is 7.80. The number of amides is 1. The van der Waals surface area contributed by atoms with Gasteiger partial charge in [-0.1, -0.05) is 105 Å². The van der Waals surface area contributed by atoms with E-state index in [2.05, 4.69) is 5.32 Å². The van der Waals surface area contributed by atoms with Crippen LogP contribution in [0.3, 0.4) is 0 Å². The van der Waals surface area contributed by atoms with Crippen LogP contribution in [-0.4, -0.2) is 42.0 Å². The van der Waals surface area contributed by atoms with Gasteiger partial charge in [0.1, 0.15) is 18.4 Å². The Morgan fingerprint density at radius 3 is 2.15 bits per heavy atom. The van der Waals surface area contributed by atoms with Crippen LogP contribution in [0.1, 0.15) is 66.4 Å². The van der Waals surface area contributed by atoms with Crippen LogP contribution in [0.15, 0.2) is 109 Å². The molecule has 7 nitrogen and oxygen atoms in total. The first-order chi connectivity index (χ1) is 22.5. The molecule has 1 aliphatic rings. The summed E-state index contributed by atoms with van der Waals surface area (Å²) in [6.45, 7) is 0.760. The van der Waals surface area contributed by atoms with Crippen LogP contribution in [-0.2, 0) is 16.0 Å². The lowest BCUT2D eigenvalue weighted by atomic mass is 9.86. The van der Waals surface area contributed by atoms with Crippen molar-refractivity contribution in [3.05, 3.63) is 126 Å². The first kappa shape index (κ1) is 32.5. The van der Waals surface area contributed by atoms with Gasteiger partial charge < -0.3 is 20.1 Å². The van der Waals surface area contributed by atoms with Crippen LogP contribution >= 0.6 is 0 Å². The SMILES string of the molecule is O=C(c1ccccc1)c1ccccc1N[C@@H](Cc1ccc(OCCN(C(=O)CCC2CCCCC2)c2ccccc2)cc1)C(=O)O. The number of ketones is 1. The summed E-state index contributed by atoms with van der Waals surface area (Å²) in [7, 11) is 0. The van der Waals surface area contributed by atoms with Crippen LogP contribution in [0, 0.1) is 5.92 Å². The maximum atomic E-state index is 13.3. The van der Waals surface area contributed by atoms with E-state index in [1.807, 2.05) is 65.6 Å². The van der Waals surface area contributed by atoms with Crippen molar-refractivity contribution in [3.63, 3.8) is 0 Å². The average molecular weight is 619 g/mol. The summed E-state index contributed by atoms with van der Waals surface area (Å²) < 4.78 is 6.03. The highest BCUT2D eigenvalue weighted by Crippen LogP contribution is 2.28. The molecule has 2 N–H and O–H groups in total. The fourth-order valence-corrected chi connectivity index (χ4v) is 6.10. The lowest BCUT2D eigenvalue weighted by Crippen LogP contribution is -2.35. The van der Waals surface area contributed by atoms with Crippen LogP contribution in [0.25, 0.3) is 0 Å². The van der Waals surface area contributed by atoms with Crippen molar-refractivity contribution in [1.29, 1.82) is 0 Å². The van der Waals surface area contributed by atoms with E-state index in [9.17, 15) is 19.5 Å². The monoisotopic (exact) mass is 618 g/mol. The molecule has 1 amide bonds. The fraction of sp³-hybridized carbons (Fsp3) is 0.308. The van der Waals surface area contributed by atoms with E-state index in [-0.39, 0.29) is 18.1 Å². The van der Waals surface area contributed by atoms with Crippen molar-refractivity contribution in [2.24, 2.45) is 5.92 Å². The van der Waals surface area contributed by atoms with Gasteiger partial charge in [0.05, 0.1) is 6.54 Å². The molecule has 0 radical (unpaired) electrons. The minimum absolute atomic E-state index is 0.120. The molecule has 5 rings (SSSR count). The number of ether oxygens (including phenoxy) is 1. The molecule has 0 heterocycles. The van der Waals surface area contributed by atoms with Crippen molar-refractivity contribution in [1.82, 2.24) is 0 Å². The van der Waals surface area contributed by atoms with Gasteiger partial charge in [0.2, 0.25) is 5.91 Å². The zero-order valence-corrected chi connectivity index (χ0v) is 26.1. The van der Waals surface area contributed by atoms with Gasteiger partial charge in [0, 0.05) is 35.3 Å². The summed E-state index contributed by atoms with van der Waals surface area (Å²) in [5.41, 5.74) is 3.10. The standard InChI is InChI=1S/C39H42N2O5/c42-37(25-22-29-12-4-1-5-13-29)41(32-16-8-3-9-17-32)26-27-46-33-23-20-30(21-24-33)28-36(39(44)45)40-35-19-11-10-18-34(35)38(43)31-14-6-2-7-15-31/h2-3,6-11,14-21,23-24,29,36,40H,1,4-5,12-13,22,25-28H2,(H,44,45)/t36-/m0/s1.